The van der Waals surface area contributed by atoms with Crippen molar-refractivity contribution >= 4 is 79.6 Å². The fraction of sp³-hybridized carbons (Fsp3) is 0.182. The van der Waals surface area contributed by atoms with Gasteiger partial charge >= 0.3 is 0 Å². The van der Waals surface area contributed by atoms with Gasteiger partial charge in [0, 0.05) is 24.8 Å². The molecule has 8 heteroatoms. The van der Waals surface area contributed by atoms with Crippen molar-refractivity contribution in [2.75, 3.05) is 14.1 Å². The summed E-state index contributed by atoms with van der Waals surface area (Å²) in [6.45, 7) is 0. The van der Waals surface area contributed by atoms with E-state index in [0.29, 0.717) is 27.4 Å². The van der Waals surface area contributed by atoms with Crippen LogP contribution in [0.3, 0.4) is 0 Å². The van der Waals surface area contributed by atoms with Crippen LogP contribution in [0.15, 0.2) is 0 Å². The highest BCUT2D eigenvalue weighted by atomic mass is 127. The van der Waals surface area contributed by atoms with E-state index in [1.165, 1.54) is 14.1 Å². The Labute approximate surface area is 151 Å². The molecule has 0 spiro atoms. The number of nitriles is 1. The van der Waals surface area contributed by atoms with E-state index in [4.69, 9.17) is 0 Å². The average Bonchev–Trinajstić information content (AvgIpc) is 2.38. The molecule has 1 aromatic carbocycles. The van der Waals surface area contributed by atoms with E-state index in [1.54, 1.807) is 0 Å². The Hall–Kier alpha value is -0.160. The molecular formula is C11H8I3N3O2. The molecule has 2 N–H and O–H groups in total. The SMILES string of the molecule is CNC(=O)c1c(I)c(C#N)c(I)c(C(=O)NC)c1I. The minimum absolute atomic E-state index is 0.313. The highest BCUT2D eigenvalue weighted by Crippen LogP contribution is 2.31. The van der Waals surface area contributed by atoms with Crippen LogP contribution in [0.5, 0.6) is 0 Å². The molecule has 0 saturated carbocycles. The van der Waals surface area contributed by atoms with Crippen LogP contribution in [-0.4, -0.2) is 25.9 Å². The topological polar surface area (TPSA) is 82.0 Å². The predicted molar refractivity (Wildman–Crippen MR) is 96.1 cm³/mol. The molecule has 0 aliphatic rings. The smallest absolute Gasteiger partial charge is 0.253 e. The van der Waals surface area contributed by atoms with Crippen molar-refractivity contribution in [1.29, 1.82) is 5.26 Å². The largest absolute Gasteiger partial charge is 0.355 e. The van der Waals surface area contributed by atoms with Gasteiger partial charge in [0.25, 0.3) is 11.8 Å². The summed E-state index contributed by atoms with van der Waals surface area (Å²) in [6.07, 6.45) is 0. The standard InChI is InChI=1S/C11H8I3N3O2/c1-16-10(18)5-7(12)4(3-15)8(13)6(9(5)14)11(19)17-2/h1-2H3,(H,16,18)(H,17,19). The first-order valence-electron chi connectivity index (χ1n) is 4.95. The normalized spacial score (nSPS) is 9.68. The number of hydrogen-bond acceptors (Lipinski definition) is 3. The fourth-order valence-electron chi connectivity index (χ4n) is 1.41. The maximum Gasteiger partial charge on any atom is 0.253 e. The number of carbonyl (C=O) groups is 2. The van der Waals surface area contributed by atoms with Crippen molar-refractivity contribution in [3.8, 4) is 6.07 Å². The monoisotopic (exact) mass is 595 g/mol. The molecular weight excluding hydrogens is 587 g/mol. The highest BCUT2D eigenvalue weighted by molar-refractivity contribution is 14.1. The van der Waals surface area contributed by atoms with Gasteiger partial charge < -0.3 is 10.6 Å². The molecule has 5 nitrogen and oxygen atoms in total. The molecule has 0 aliphatic carbocycles. The van der Waals surface area contributed by atoms with Crippen LogP contribution < -0.4 is 10.6 Å². The van der Waals surface area contributed by atoms with Gasteiger partial charge in [-0.25, -0.2) is 0 Å². The second kappa shape index (κ2) is 7.02. The summed E-state index contributed by atoms with van der Waals surface area (Å²) in [5.74, 6) is -0.626. The van der Waals surface area contributed by atoms with Gasteiger partial charge in [-0.1, -0.05) is 0 Å². The lowest BCUT2D eigenvalue weighted by Gasteiger charge is -2.14. The highest BCUT2D eigenvalue weighted by Gasteiger charge is 2.26. The van der Waals surface area contributed by atoms with Crippen molar-refractivity contribution in [2.45, 2.75) is 0 Å². The third kappa shape index (κ3) is 3.13. The molecule has 0 heterocycles. The third-order valence-electron chi connectivity index (χ3n) is 2.34. The summed E-state index contributed by atoms with van der Waals surface area (Å²) in [4.78, 5) is 23.9. The molecule has 1 aromatic rings. The lowest BCUT2D eigenvalue weighted by Crippen LogP contribution is -2.26. The van der Waals surface area contributed by atoms with Gasteiger partial charge in [0.2, 0.25) is 0 Å². The zero-order valence-electron chi connectivity index (χ0n) is 9.90. The molecule has 0 aliphatic heterocycles. The number of amides is 2. The summed E-state index contributed by atoms with van der Waals surface area (Å²) in [5, 5.41) is 14.3. The van der Waals surface area contributed by atoms with Gasteiger partial charge in [-0.3, -0.25) is 9.59 Å². The zero-order chi connectivity index (χ0) is 14.7. The number of benzene rings is 1. The number of rotatable bonds is 2. The summed E-state index contributed by atoms with van der Waals surface area (Å²) in [6, 6.07) is 2.05. The third-order valence-corrected chi connectivity index (χ3v) is 5.57. The van der Waals surface area contributed by atoms with Gasteiger partial charge in [0.15, 0.2) is 0 Å². The van der Waals surface area contributed by atoms with Crippen molar-refractivity contribution in [3.63, 3.8) is 0 Å². The molecule has 0 unspecified atom stereocenters. The van der Waals surface area contributed by atoms with Gasteiger partial charge in [0.1, 0.15) is 6.07 Å². The van der Waals surface area contributed by atoms with Gasteiger partial charge in [-0.2, -0.15) is 5.26 Å². The average molecular weight is 595 g/mol. The molecule has 0 atom stereocenters. The van der Waals surface area contributed by atoms with Crippen LogP contribution in [0.2, 0.25) is 0 Å². The maximum atomic E-state index is 11.9. The molecule has 0 saturated heterocycles. The Morgan fingerprint density at radius 2 is 1.32 bits per heavy atom. The van der Waals surface area contributed by atoms with Crippen LogP contribution >= 0.6 is 67.8 Å². The molecule has 2 amide bonds. The minimum Gasteiger partial charge on any atom is -0.355 e. The lowest BCUT2D eigenvalue weighted by molar-refractivity contribution is 0.0960. The van der Waals surface area contributed by atoms with Gasteiger partial charge in [-0.05, 0) is 67.8 Å². The Bertz CT molecular complexity index is 565. The van der Waals surface area contributed by atoms with E-state index < -0.39 is 0 Å². The summed E-state index contributed by atoms with van der Waals surface area (Å²) in [5.41, 5.74) is 1.07. The number of hydrogen-bond donors (Lipinski definition) is 2. The summed E-state index contributed by atoms with van der Waals surface area (Å²) >= 11 is 5.88. The predicted octanol–water partition coefficient (Wildman–Crippen LogP) is 2.09. The van der Waals surface area contributed by atoms with Crippen LogP contribution in [0.1, 0.15) is 26.3 Å². The Morgan fingerprint density at radius 1 is 0.947 bits per heavy atom. The van der Waals surface area contributed by atoms with Gasteiger partial charge in [0.05, 0.1) is 16.7 Å². The quantitative estimate of drug-likeness (QED) is 0.515. The van der Waals surface area contributed by atoms with E-state index in [-0.39, 0.29) is 11.8 Å². The second-order valence-electron chi connectivity index (χ2n) is 3.34. The van der Waals surface area contributed by atoms with Crippen LogP contribution in [0, 0.1) is 22.0 Å². The molecule has 0 radical (unpaired) electrons. The first kappa shape index (κ1) is 16.9. The molecule has 0 aromatic heterocycles. The first-order valence-corrected chi connectivity index (χ1v) is 8.19. The lowest BCUT2D eigenvalue weighted by atomic mass is 10.0. The second-order valence-corrected chi connectivity index (χ2v) is 6.57. The molecule has 0 fully saturated rings. The van der Waals surface area contributed by atoms with Crippen molar-refractivity contribution in [1.82, 2.24) is 10.6 Å². The fourth-order valence-corrected chi connectivity index (χ4v) is 5.80. The summed E-state index contributed by atoms with van der Waals surface area (Å²) in [7, 11) is 3.02. The molecule has 100 valence electrons. The van der Waals surface area contributed by atoms with E-state index in [1.807, 2.05) is 67.8 Å². The molecule has 0 bridgehead atoms. The van der Waals surface area contributed by atoms with E-state index in [9.17, 15) is 14.9 Å². The van der Waals surface area contributed by atoms with Crippen LogP contribution in [0.4, 0.5) is 0 Å². The van der Waals surface area contributed by atoms with Crippen molar-refractivity contribution in [2.24, 2.45) is 0 Å². The number of nitrogens with one attached hydrogen (secondary N) is 2. The minimum atomic E-state index is -0.313. The van der Waals surface area contributed by atoms with E-state index >= 15 is 0 Å². The summed E-state index contributed by atoms with van der Waals surface area (Å²) < 4.78 is 1.66. The number of halogens is 3. The first-order chi connectivity index (χ1) is 8.90. The molecule has 19 heavy (non-hydrogen) atoms. The Balaban J connectivity index is 3.82. The Morgan fingerprint density at radius 3 is 1.58 bits per heavy atom. The zero-order valence-corrected chi connectivity index (χ0v) is 16.4. The maximum absolute atomic E-state index is 11.9. The van der Waals surface area contributed by atoms with Crippen LogP contribution in [-0.2, 0) is 0 Å². The van der Waals surface area contributed by atoms with Crippen molar-refractivity contribution < 1.29 is 9.59 Å². The van der Waals surface area contributed by atoms with E-state index in [0.717, 1.165) is 0 Å². The number of carbonyl (C=O) groups excluding carboxylic acids is 2. The van der Waals surface area contributed by atoms with E-state index in [2.05, 4.69) is 16.7 Å². The molecule has 1 rings (SSSR count). The van der Waals surface area contributed by atoms with Gasteiger partial charge in [-0.15, -0.1) is 0 Å². The number of nitrogens with zero attached hydrogens (tertiary/aromatic N) is 1. The van der Waals surface area contributed by atoms with Crippen molar-refractivity contribution in [3.05, 3.63) is 27.4 Å². The van der Waals surface area contributed by atoms with Crippen LogP contribution in [0.25, 0.3) is 0 Å². The Kier molecular flexibility index (Phi) is 6.24.